The van der Waals surface area contributed by atoms with Crippen molar-refractivity contribution in [3.8, 4) is 0 Å². The summed E-state index contributed by atoms with van der Waals surface area (Å²) in [6, 6.07) is 34.3. The van der Waals surface area contributed by atoms with Gasteiger partial charge in [0, 0.05) is 5.41 Å². The number of aryl methyl sites for hydroxylation is 3. The zero-order chi connectivity index (χ0) is 22.0. The van der Waals surface area contributed by atoms with E-state index in [-0.39, 0.29) is 64.4 Å². The zero-order valence-electron chi connectivity index (χ0n) is 21.1. The number of halogens is 3. The molecule has 0 fully saturated rings. The molecule has 35 heavy (non-hydrogen) atoms. The summed E-state index contributed by atoms with van der Waals surface area (Å²) in [6.07, 6.45) is 1.15. The molecule has 182 valence electrons. The summed E-state index contributed by atoms with van der Waals surface area (Å²) >= 11 is 0. The van der Waals surface area contributed by atoms with Gasteiger partial charge in [-0.25, -0.2) is 6.07 Å². The van der Waals surface area contributed by atoms with Gasteiger partial charge in [-0.05, 0) is 37.5 Å². The van der Waals surface area contributed by atoms with Crippen LogP contribution in [-0.4, -0.2) is 0 Å². The molecule has 0 heterocycles. The molecule has 0 nitrogen and oxygen atoms in total. The number of rotatable bonds is 6. The Balaban J connectivity index is 0.00000289. The van der Waals surface area contributed by atoms with E-state index in [2.05, 4.69) is 126 Å². The van der Waals surface area contributed by atoms with Gasteiger partial charge in [-0.3, -0.25) is 0 Å². The Hall–Kier alpha value is -1.41. The van der Waals surface area contributed by atoms with E-state index in [1.54, 1.807) is 0 Å². The Morgan fingerprint density at radius 3 is 1.43 bits per heavy atom. The number of hydrogen-bond acceptors (Lipinski definition) is 0. The van der Waals surface area contributed by atoms with Crippen LogP contribution < -0.4 is 37.2 Å². The SMILES string of the molecule is CCC(C)c1cc[c-](C(c2cccc(C)c2)(c2cccc(C)c2)c2cccc(C)c2)c1.[Cl-].[Cl-].[Cl-].[Ti+4]. The zero-order valence-corrected chi connectivity index (χ0v) is 24.9. The summed E-state index contributed by atoms with van der Waals surface area (Å²) in [6.45, 7) is 11.2. The molecule has 0 aromatic heterocycles. The van der Waals surface area contributed by atoms with Gasteiger partial charge < -0.3 is 37.2 Å². The second-order valence-corrected chi connectivity index (χ2v) is 9.10. The van der Waals surface area contributed by atoms with E-state index in [1.165, 1.54) is 44.5 Å². The Bertz CT molecular complexity index is 1080. The van der Waals surface area contributed by atoms with Gasteiger partial charge in [0.05, 0.1) is 0 Å². The van der Waals surface area contributed by atoms with E-state index in [1.807, 2.05) is 0 Å². The first kappa shape index (κ1) is 33.6. The van der Waals surface area contributed by atoms with E-state index >= 15 is 0 Å². The number of hydrogen-bond donors (Lipinski definition) is 0. The molecule has 0 aliphatic rings. The van der Waals surface area contributed by atoms with Crippen molar-refractivity contribution in [2.45, 2.75) is 52.4 Å². The fraction of sp³-hybridized carbons (Fsp3) is 0.258. The van der Waals surface area contributed by atoms with Crippen LogP contribution in [0.5, 0.6) is 0 Å². The minimum atomic E-state index is -0.351. The van der Waals surface area contributed by atoms with Gasteiger partial charge in [0.25, 0.3) is 0 Å². The van der Waals surface area contributed by atoms with E-state index < -0.39 is 0 Å². The van der Waals surface area contributed by atoms with E-state index in [0.717, 1.165) is 6.42 Å². The third-order valence-corrected chi connectivity index (χ3v) is 6.75. The predicted octanol–water partition coefficient (Wildman–Crippen LogP) is -0.764. The minimum Gasteiger partial charge on any atom is -1.00 e. The molecule has 4 aromatic rings. The molecule has 0 radical (unpaired) electrons. The van der Waals surface area contributed by atoms with E-state index in [0.29, 0.717) is 5.92 Å². The normalized spacial score (nSPS) is 11.2. The predicted molar refractivity (Wildman–Crippen MR) is 133 cm³/mol. The molecule has 0 amide bonds. The van der Waals surface area contributed by atoms with Crippen molar-refractivity contribution in [2.75, 3.05) is 0 Å². The van der Waals surface area contributed by atoms with Crippen LogP contribution in [0.2, 0.25) is 0 Å². The Morgan fingerprint density at radius 1 is 0.686 bits per heavy atom. The summed E-state index contributed by atoms with van der Waals surface area (Å²) in [5.41, 5.74) is 10.3. The Kier molecular flexibility index (Phi) is 13.8. The maximum absolute atomic E-state index is 2.45. The van der Waals surface area contributed by atoms with Crippen LogP contribution >= 0.6 is 0 Å². The van der Waals surface area contributed by atoms with Crippen LogP contribution in [0.25, 0.3) is 0 Å². The van der Waals surface area contributed by atoms with E-state index in [4.69, 9.17) is 0 Å². The molecule has 0 aliphatic carbocycles. The molecule has 0 spiro atoms. The van der Waals surface area contributed by atoms with Crippen LogP contribution in [-0.2, 0) is 27.1 Å². The largest absolute Gasteiger partial charge is 4.00 e. The third kappa shape index (κ3) is 6.68. The summed E-state index contributed by atoms with van der Waals surface area (Å²) in [5.74, 6) is 0.555. The molecule has 4 aromatic carbocycles. The van der Waals surface area contributed by atoms with Crippen LogP contribution in [0.4, 0.5) is 0 Å². The van der Waals surface area contributed by atoms with Gasteiger partial charge in [-0.2, -0.15) is 17.7 Å². The molecule has 4 rings (SSSR count). The molecule has 0 saturated carbocycles. The molecule has 0 aliphatic heterocycles. The van der Waals surface area contributed by atoms with Gasteiger partial charge >= 0.3 is 21.7 Å². The summed E-state index contributed by atoms with van der Waals surface area (Å²) < 4.78 is 0. The fourth-order valence-electron chi connectivity index (χ4n) is 4.87. The average molecular weight is 560 g/mol. The quantitative estimate of drug-likeness (QED) is 0.166. The van der Waals surface area contributed by atoms with Gasteiger partial charge in [-0.15, -0.1) is 5.56 Å². The topological polar surface area (TPSA) is 0 Å². The van der Waals surface area contributed by atoms with Crippen LogP contribution in [0, 0.1) is 20.8 Å². The maximum atomic E-state index is 2.45. The first-order valence-corrected chi connectivity index (χ1v) is 11.4. The standard InChI is InChI=1S/C31H33.3ClH.Ti/c1-6-25(5)26-16-17-30(21-26)31(27-13-7-10-22(2)18-27,28-14-8-11-23(3)19-28)29-15-9-12-24(4)20-29;;;;/h7-21,25H,6H2,1-5H3;3*1H;/q-1;;;;+4/p-3. The molecule has 4 heteroatoms. The Morgan fingerprint density at radius 2 is 1.09 bits per heavy atom. The summed E-state index contributed by atoms with van der Waals surface area (Å²) in [5, 5.41) is 0. The number of benzene rings is 3. The summed E-state index contributed by atoms with van der Waals surface area (Å²) in [7, 11) is 0. The third-order valence-electron chi connectivity index (χ3n) is 6.75. The van der Waals surface area contributed by atoms with Crippen molar-refractivity contribution in [3.63, 3.8) is 0 Å². The van der Waals surface area contributed by atoms with Gasteiger partial charge in [-0.1, -0.05) is 116 Å². The molecule has 1 unspecified atom stereocenters. The second kappa shape index (κ2) is 14.4. The maximum Gasteiger partial charge on any atom is 4.00 e. The first-order chi connectivity index (χ1) is 14.9. The fourth-order valence-corrected chi connectivity index (χ4v) is 4.87. The monoisotopic (exact) mass is 558 g/mol. The summed E-state index contributed by atoms with van der Waals surface area (Å²) in [4.78, 5) is 0. The Labute approximate surface area is 245 Å². The van der Waals surface area contributed by atoms with Gasteiger partial charge in [0.2, 0.25) is 0 Å². The molecular weight excluding hydrogens is 527 g/mol. The van der Waals surface area contributed by atoms with E-state index in [9.17, 15) is 0 Å². The van der Waals surface area contributed by atoms with Crippen molar-refractivity contribution in [1.82, 2.24) is 0 Å². The minimum absolute atomic E-state index is 0. The van der Waals surface area contributed by atoms with Crippen LogP contribution in [0.3, 0.4) is 0 Å². The molecular formula is C31H33Cl3Ti. The van der Waals surface area contributed by atoms with Crippen LogP contribution in [0.15, 0.2) is 91.0 Å². The van der Waals surface area contributed by atoms with Crippen molar-refractivity contribution in [1.29, 1.82) is 0 Å². The smallest absolute Gasteiger partial charge is 1.00 e. The van der Waals surface area contributed by atoms with Crippen molar-refractivity contribution >= 4 is 0 Å². The molecule has 1 atom stereocenters. The van der Waals surface area contributed by atoms with Gasteiger partial charge in [0.15, 0.2) is 0 Å². The van der Waals surface area contributed by atoms with Gasteiger partial charge in [0.1, 0.15) is 0 Å². The van der Waals surface area contributed by atoms with Crippen molar-refractivity contribution < 1.29 is 58.9 Å². The second-order valence-electron chi connectivity index (χ2n) is 9.10. The molecule has 0 saturated heterocycles. The molecule has 0 N–H and O–H groups in total. The van der Waals surface area contributed by atoms with Crippen molar-refractivity contribution in [3.05, 3.63) is 136 Å². The average Bonchev–Trinajstić information content (AvgIpc) is 3.24. The van der Waals surface area contributed by atoms with Crippen molar-refractivity contribution in [2.24, 2.45) is 0 Å². The first-order valence-electron chi connectivity index (χ1n) is 11.4. The van der Waals surface area contributed by atoms with Crippen LogP contribution in [0.1, 0.15) is 70.7 Å². The molecule has 0 bridgehead atoms.